The van der Waals surface area contributed by atoms with Crippen molar-refractivity contribution in [1.29, 1.82) is 0 Å². The fraction of sp³-hybridized carbons (Fsp3) is 0.667. The zero-order chi connectivity index (χ0) is 43.9. The van der Waals surface area contributed by atoms with Gasteiger partial charge < -0.3 is 75.6 Å². The Morgan fingerprint density at radius 3 is 2.26 bits per heavy atom. The molecule has 3 heterocycles. The predicted octanol–water partition coefficient (Wildman–Crippen LogP) is -9.80. The number of carboxylic acid groups (broad SMARTS) is 1. The Balaban J connectivity index is 0.0000120. The summed E-state index contributed by atoms with van der Waals surface area (Å²) in [6.45, 7) is 0.987. The minimum absolute atomic E-state index is 0. The van der Waals surface area contributed by atoms with E-state index in [4.69, 9.17) is 15.6 Å². The number of nitrogens with one attached hydrogen (secondary N) is 2. The molecule has 0 aliphatic carbocycles. The van der Waals surface area contributed by atoms with Crippen molar-refractivity contribution in [1.82, 2.24) is 30.2 Å². The Bertz CT molecular complexity index is 1960. The summed E-state index contributed by atoms with van der Waals surface area (Å²) < 4.78 is 61.0. The van der Waals surface area contributed by atoms with Gasteiger partial charge >= 0.3 is 72.9 Å². The van der Waals surface area contributed by atoms with Gasteiger partial charge in [0.15, 0.2) is 22.8 Å². The number of nitrogens with zero attached hydrogens (tertiary/aromatic N) is 4. The fourth-order valence-corrected chi connectivity index (χ4v) is 8.63. The molecule has 0 radical (unpaired) electrons. The minimum atomic E-state index is -5.91. The Hall–Kier alpha value is -1.05. The molecule has 12 N–H and O–H groups in total. The number of nitrogen functional groups attached to an aromatic ring is 1. The first-order valence-electron chi connectivity index (χ1n) is 16.6. The van der Waals surface area contributed by atoms with Crippen LogP contribution in [0.3, 0.4) is 0 Å². The van der Waals surface area contributed by atoms with Crippen molar-refractivity contribution in [3.8, 4) is 0 Å². The molecule has 34 heteroatoms. The number of hydrogen-bond donors (Lipinski definition) is 9. The van der Waals surface area contributed by atoms with E-state index in [1.807, 2.05) is 0 Å². The second-order valence-electron chi connectivity index (χ2n) is 13.5. The summed E-state index contributed by atoms with van der Waals surface area (Å²) >= 11 is 0.763. The van der Waals surface area contributed by atoms with Gasteiger partial charge in [0.1, 0.15) is 36.3 Å². The van der Waals surface area contributed by atoms with Crippen LogP contribution in [0.5, 0.6) is 0 Å². The van der Waals surface area contributed by atoms with Crippen LogP contribution >= 0.6 is 35.2 Å². The number of imidazole rings is 1. The molecule has 0 bridgehead atoms. The van der Waals surface area contributed by atoms with Gasteiger partial charge in [0.2, 0.25) is 11.8 Å². The molecule has 28 nitrogen and oxygen atoms in total. The van der Waals surface area contributed by atoms with Crippen LogP contribution in [0.1, 0.15) is 46.3 Å². The number of aliphatic hydroxyl groups excluding tert-OH is 2. The molecule has 61 heavy (non-hydrogen) atoms. The van der Waals surface area contributed by atoms with E-state index < -0.39 is 114 Å². The summed E-state index contributed by atoms with van der Waals surface area (Å²) in [6, 6.07) is 0. The molecule has 336 valence electrons. The van der Waals surface area contributed by atoms with Crippen LogP contribution in [-0.4, -0.2) is 140 Å². The molecule has 2 amide bonds. The fourth-order valence-electron chi connectivity index (χ4n) is 5.03. The maximum Gasteiger partial charge on any atom is 1.00 e. The van der Waals surface area contributed by atoms with Crippen molar-refractivity contribution in [2.45, 2.75) is 76.3 Å². The van der Waals surface area contributed by atoms with Gasteiger partial charge in [0.05, 0.1) is 31.6 Å². The van der Waals surface area contributed by atoms with Crippen molar-refractivity contribution in [2.75, 3.05) is 37.8 Å². The third-order valence-electron chi connectivity index (χ3n) is 7.81. The second kappa shape index (κ2) is 25.0. The van der Waals surface area contributed by atoms with E-state index in [2.05, 4.69) is 43.5 Å². The minimum Gasteiger partial charge on any atom is -0.756 e. The van der Waals surface area contributed by atoms with Crippen LogP contribution in [0.4, 0.5) is 5.82 Å². The first-order valence-corrected chi connectivity index (χ1v) is 22.0. The number of carboxylic acids is 1. The van der Waals surface area contributed by atoms with Crippen LogP contribution in [-0.2, 0) is 55.5 Å². The van der Waals surface area contributed by atoms with Gasteiger partial charge in [-0.3, -0.25) is 37.4 Å². The largest absolute Gasteiger partial charge is 1.00 e. The number of phosphoric ester groups is 3. The number of anilines is 1. The number of fused-ring (bicyclic) bond motifs is 1. The molecule has 2 aromatic heterocycles. The second-order valence-corrected chi connectivity index (χ2v) is 18.8. The summed E-state index contributed by atoms with van der Waals surface area (Å²) in [5, 5.41) is 44.3. The molecular formula is C27H44N7Na2O21P3S. The third kappa shape index (κ3) is 19.5. The van der Waals surface area contributed by atoms with Crippen LogP contribution < -0.4 is 85.3 Å². The normalized spacial score (nSPS) is 21.3. The van der Waals surface area contributed by atoms with Gasteiger partial charge in [0, 0.05) is 37.1 Å². The van der Waals surface area contributed by atoms with E-state index in [-0.39, 0.29) is 107 Å². The molecule has 0 spiro atoms. The number of nitrogens with two attached hydrogens (primary N) is 1. The SMILES string of the molecule is CC(O)(CC(=O)O)CC(=O)SCCNC(=O)CCNC(=O)[C@H](O)C(C)(C)COP(=O)([O-])OP(=O)([O-])OC[C@H]1O[C@@H](n2cnc3c(N)ncnc32)[C@H](O)[C@@H]1OP(=O)(O)O.O.[Na+].[Na+]. The maximum atomic E-state index is 12.5. The van der Waals surface area contributed by atoms with E-state index in [9.17, 15) is 67.8 Å². The number of ether oxygens (including phenoxy) is 1. The molecule has 1 aliphatic rings. The molecule has 0 aromatic carbocycles. The van der Waals surface area contributed by atoms with Crippen LogP contribution in [0.2, 0.25) is 0 Å². The number of phosphoric acid groups is 3. The van der Waals surface area contributed by atoms with Gasteiger partial charge in [0.25, 0.3) is 15.6 Å². The Morgan fingerprint density at radius 1 is 1.03 bits per heavy atom. The number of thioether (sulfide) groups is 1. The zero-order valence-electron chi connectivity index (χ0n) is 33.2. The van der Waals surface area contributed by atoms with E-state index >= 15 is 0 Å². The topological polar surface area (TPSA) is 458 Å². The van der Waals surface area contributed by atoms with E-state index in [0.717, 1.165) is 29.0 Å². The number of aliphatic carboxylic acids is 1. The van der Waals surface area contributed by atoms with E-state index in [0.29, 0.717) is 0 Å². The first-order chi connectivity index (χ1) is 26.6. The maximum absolute atomic E-state index is 12.5. The standard InChI is InChI=1S/C27H44N7O20P3S.2Na.H2O/c1-26(2,21(40)24(41)30-5-4-15(35)29-6-7-58-17(38)9-27(3,42)8-16(36)37)11-51-57(48,49)54-56(46,47)50-10-14-20(53-55(43,44)45)19(39)25(52-14)34-13-33-18-22(28)31-12-32-23(18)34;;;/h12-14,19-21,25,39-40,42H,4-11H2,1-3H3,(H,29,35)(H,30,41)(H,36,37)(H,46,47)(H,48,49)(H2,28,31,32)(H2,43,44,45);;;1H2/q;2*+1;/p-2/t14-,19-,20-,21+,25-,27?;;;/m1.../s1. The van der Waals surface area contributed by atoms with Crippen LogP contribution in [0, 0.1) is 5.41 Å². The molecule has 2 aromatic rings. The third-order valence-corrected chi connectivity index (χ3v) is 11.7. The Labute approximate surface area is 394 Å². The van der Waals surface area contributed by atoms with E-state index in [1.54, 1.807) is 0 Å². The van der Waals surface area contributed by atoms with E-state index in [1.165, 1.54) is 20.8 Å². The molecule has 3 unspecified atom stereocenters. The van der Waals surface area contributed by atoms with Crippen molar-refractivity contribution in [2.24, 2.45) is 5.41 Å². The quantitative estimate of drug-likeness (QED) is 0.0284. The summed E-state index contributed by atoms with van der Waals surface area (Å²) in [4.78, 5) is 103. The average molecular weight is 974 g/mol. The van der Waals surface area contributed by atoms with Crippen molar-refractivity contribution >= 4 is 75.1 Å². The smallest absolute Gasteiger partial charge is 0.756 e. The van der Waals surface area contributed by atoms with Crippen molar-refractivity contribution in [3.63, 3.8) is 0 Å². The monoisotopic (exact) mass is 973 g/mol. The molecule has 0 saturated carbocycles. The van der Waals surface area contributed by atoms with Crippen molar-refractivity contribution < 1.29 is 160 Å². The summed E-state index contributed by atoms with van der Waals surface area (Å²) in [5.74, 6) is -2.89. The summed E-state index contributed by atoms with van der Waals surface area (Å²) in [6.07, 6.45) is -8.49. The first kappa shape index (κ1) is 60.0. The molecular weight excluding hydrogens is 929 g/mol. The number of carbonyl (C=O) groups is 4. The number of amides is 2. The molecule has 3 rings (SSSR count). The number of aromatic nitrogens is 4. The molecule has 8 atom stereocenters. The van der Waals surface area contributed by atoms with Gasteiger partial charge in [-0.2, -0.15) is 0 Å². The van der Waals surface area contributed by atoms with Crippen LogP contribution in [0.25, 0.3) is 11.2 Å². The van der Waals surface area contributed by atoms with Gasteiger partial charge in [-0.05, 0) is 6.92 Å². The number of hydrogen-bond acceptors (Lipinski definition) is 22. The van der Waals surface area contributed by atoms with Gasteiger partial charge in [-0.25, -0.2) is 23.8 Å². The predicted molar refractivity (Wildman–Crippen MR) is 194 cm³/mol. The molecule has 1 aliphatic heterocycles. The average Bonchev–Trinajstić information content (AvgIpc) is 3.63. The Morgan fingerprint density at radius 2 is 1.66 bits per heavy atom. The van der Waals surface area contributed by atoms with Gasteiger partial charge in [-0.1, -0.05) is 25.6 Å². The van der Waals surface area contributed by atoms with Crippen molar-refractivity contribution in [3.05, 3.63) is 12.7 Å². The molecule has 1 saturated heterocycles. The molecule has 1 fully saturated rings. The Kier molecular flexibility index (Phi) is 24.6. The summed E-state index contributed by atoms with van der Waals surface area (Å²) in [7, 11) is -17.1. The summed E-state index contributed by atoms with van der Waals surface area (Å²) in [5.41, 5.74) is 2.33. The van der Waals surface area contributed by atoms with Crippen LogP contribution in [0.15, 0.2) is 12.7 Å². The number of rotatable bonds is 23. The zero-order valence-corrected chi connectivity index (χ0v) is 40.7. The number of aliphatic hydroxyl groups is 3. The number of carbonyl (C=O) groups excluding carboxylic acids is 3. The van der Waals surface area contributed by atoms with Gasteiger partial charge in [-0.15, -0.1) is 0 Å².